The summed E-state index contributed by atoms with van der Waals surface area (Å²) in [6.07, 6.45) is 1.22. The highest BCUT2D eigenvalue weighted by Crippen LogP contribution is 2.40. The van der Waals surface area contributed by atoms with Gasteiger partial charge in [0, 0.05) is 11.1 Å². The number of urea groups is 1. The van der Waals surface area contributed by atoms with Crippen molar-refractivity contribution in [3.8, 4) is 17.2 Å². The minimum atomic E-state index is -1.13. The van der Waals surface area contributed by atoms with Gasteiger partial charge in [0.2, 0.25) is 5.75 Å². The number of methoxy groups -OCH3 is 3. The lowest BCUT2D eigenvalue weighted by molar-refractivity contribution is -0.137. The first-order valence-electron chi connectivity index (χ1n) is 10.2. The van der Waals surface area contributed by atoms with E-state index in [1.165, 1.54) is 43.3 Å². The Morgan fingerprint density at radius 2 is 1.79 bits per heavy atom. The average molecular weight is 488 g/mol. The summed E-state index contributed by atoms with van der Waals surface area (Å²) in [5, 5.41) is 16.5. The summed E-state index contributed by atoms with van der Waals surface area (Å²) in [5.74, 6) is -0.164. The zero-order chi connectivity index (χ0) is 24.7. The summed E-state index contributed by atoms with van der Waals surface area (Å²) in [7, 11) is 4.32. The van der Waals surface area contributed by atoms with Crippen LogP contribution in [0.1, 0.15) is 22.9 Å². The first-order valence-corrected chi connectivity index (χ1v) is 11.0. The maximum atomic E-state index is 12.8. The summed E-state index contributed by atoms with van der Waals surface area (Å²) in [6, 6.07) is 8.40. The molecular formula is C23H25N3O7S. The molecule has 10 nitrogen and oxygen atoms in total. The molecular weight excluding hydrogens is 462 g/mol. The summed E-state index contributed by atoms with van der Waals surface area (Å²) >= 11 is 1.52. The second-order valence-electron chi connectivity index (χ2n) is 7.14. The number of ether oxygens (including phenoxy) is 3. The van der Waals surface area contributed by atoms with E-state index in [2.05, 4.69) is 10.6 Å². The number of benzene rings is 1. The van der Waals surface area contributed by atoms with Crippen molar-refractivity contribution < 1.29 is 28.9 Å². The lowest BCUT2D eigenvalue weighted by atomic mass is 10.0. The molecule has 3 N–H and O–H groups in total. The number of hydrogen-bond donors (Lipinski definition) is 3. The number of thiophene rings is 1. The molecule has 0 saturated heterocycles. The van der Waals surface area contributed by atoms with E-state index < -0.39 is 24.5 Å². The van der Waals surface area contributed by atoms with Gasteiger partial charge in [-0.2, -0.15) is 0 Å². The fourth-order valence-corrected chi connectivity index (χ4v) is 4.08. The van der Waals surface area contributed by atoms with Crippen molar-refractivity contribution in [2.75, 3.05) is 26.6 Å². The van der Waals surface area contributed by atoms with Gasteiger partial charge in [-0.25, -0.2) is 4.79 Å². The molecule has 0 aliphatic heterocycles. The molecule has 1 aromatic carbocycles. The Hall–Kier alpha value is -3.99. The Kier molecular flexibility index (Phi) is 8.14. The van der Waals surface area contributed by atoms with Crippen molar-refractivity contribution in [1.29, 1.82) is 0 Å². The molecule has 0 aliphatic carbocycles. The highest BCUT2D eigenvalue weighted by atomic mass is 32.1. The molecule has 2 aromatic heterocycles. The Bertz CT molecular complexity index is 1180. The summed E-state index contributed by atoms with van der Waals surface area (Å²) in [6.45, 7) is 0.376. The van der Waals surface area contributed by atoms with Gasteiger partial charge in [0.15, 0.2) is 11.5 Å². The Morgan fingerprint density at radius 1 is 1.09 bits per heavy atom. The SMILES string of the molecule is COc1cc([C@H](CC(=O)O)NC(=O)Nc2cccn(Cc3cccs3)c2=O)cc(OC)c1OC. The van der Waals surface area contributed by atoms with Gasteiger partial charge < -0.3 is 34.5 Å². The molecule has 1 atom stereocenters. The van der Waals surface area contributed by atoms with E-state index in [1.54, 1.807) is 24.4 Å². The Balaban J connectivity index is 1.83. The number of amides is 2. The number of carbonyl (C=O) groups excluding carboxylic acids is 1. The average Bonchev–Trinajstić information content (AvgIpc) is 3.33. The standard InChI is InChI=1S/C23H25N3O7S/c1-31-18-10-14(11-19(32-2)21(18)33-3)17(12-20(27)28)25-23(30)24-16-7-4-8-26(22(16)29)13-15-6-5-9-34-15/h4-11,17H,12-13H2,1-3H3,(H,27,28)(H2,24,25,30)/t17-/m0/s1. The minimum Gasteiger partial charge on any atom is -0.493 e. The zero-order valence-corrected chi connectivity index (χ0v) is 19.7. The molecule has 34 heavy (non-hydrogen) atoms. The van der Waals surface area contributed by atoms with Crippen LogP contribution in [0.25, 0.3) is 0 Å². The summed E-state index contributed by atoms with van der Waals surface area (Å²) in [5.41, 5.74) is 0.111. The van der Waals surface area contributed by atoms with Gasteiger partial charge >= 0.3 is 12.0 Å². The molecule has 2 heterocycles. The van der Waals surface area contributed by atoms with Crippen LogP contribution >= 0.6 is 11.3 Å². The maximum Gasteiger partial charge on any atom is 0.319 e. The normalized spacial score (nSPS) is 11.4. The van der Waals surface area contributed by atoms with Gasteiger partial charge in [-0.3, -0.25) is 9.59 Å². The van der Waals surface area contributed by atoms with Crippen molar-refractivity contribution in [3.05, 3.63) is 68.8 Å². The van der Waals surface area contributed by atoms with E-state index in [1.807, 2.05) is 17.5 Å². The fraction of sp³-hybridized carbons (Fsp3) is 0.261. The summed E-state index contributed by atoms with van der Waals surface area (Å²) in [4.78, 5) is 38.0. The number of nitrogens with one attached hydrogen (secondary N) is 2. The van der Waals surface area contributed by atoms with Crippen LogP contribution in [-0.4, -0.2) is 43.0 Å². The van der Waals surface area contributed by atoms with Crippen LogP contribution in [0.15, 0.2) is 52.8 Å². The van der Waals surface area contributed by atoms with Gasteiger partial charge in [0.1, 0.15) is 5.69 Å². The van der Waals surface area contributed by atoms with Crippen LogP contribution in [0.4, 0.5) is 10.5 Å². The topological polar surface area (TPSA) is 128 Å². The van der Waals surface area contributed by atoms with Crippen molar-refractivity contribution in [2.45, 2.75) is 19.0 Å². The third-order valence-electron chi connectivity index (χ3n) is 4.95. The van der Waals surface area contributed by atoms with E-state index in [4.69, 9.17) is 14.2 Å². The van der Waals surface area contributed by atoms with Gasteiger partial charge in [0.25, 0.3) is 5.56 Å². The van der Waals surface area contributed by atoms with Crippen LogP contribution in [0.2, 0.25) is 0 Å². The van der Waals surface area contributed by atoms with Crippen molar-refractivity contribution in [1.82, 2.24) is 9.88 Å². The second-order valence-corrected chi connectivity index (χ2v) is 8.17. The number of rotatable bonds is 10. The predicted octanol–water partition coefficient (Wildman–Crippen LogP) is 3.32. The van der Waals surface area contributed by atoms with Gasteiger partial charge in [-0.1, -0.05) is 6.07 Å². The summed E-state index contributed by atoms with van der Waals surface area (Å²) < 4.78 is 17.4. The molecule has 180 valence electrons. The number of anilines is 1. The maximum absolute atomic E-state index is 12.8. The van der Waals surface area contributed by atoms with Crippen molar-refractivity contribution >= 4 is 29.0 Å². The van der Waals surface area contributed by atoms with Crippen LogP contribution in [0.3, 0.4) is 0 Å². The third-order valence-corrected chi connectivity index (χ3v) is 5.81. The molecule has 0 unspecified atom stereocenters. The van der Waals surface area contributed by atoms with E-state index in [0.717, 1.165) is 4.88 Å². The Labute approximate surface area is 199 Å². The zero-order valence-electron chi connectivity index (χ0n) is 18.9. The molecule has 0 fully saturated rings. The number of hydrogen-bond acceptors (Lipinski definition) is 7. The molecule has 0 radical (unpaired) electrons. The van der Waals surface area contributed by atoms with Crippen LogP contribution < -0.4 is 30.4 Å². The first kappa shape index (κ1) is 24.6. The van der Waals surface area contributed by atoms with Gasteiger partial charge in [-0.05, 0) is 41.3 Å². The molecule has 3 rings (SSSR count). The van der Waals surface area contributed by atoms with Gasteiger partial charge in [-0.15, -0.1) is 11.3 Å². The van der Waals surface area contributed by atoms with Crippen molar-refractivity contribution in [2.24, 2.45) is 0 Å². The second kappa shape index (κ2) is 11.2. The molecule has 0 spiro atoms. The van der Waals surface area contributed by atoms with Crippen LogP contribution in [0, 0.1) is 0 Å². The number of aliphatic carboxylic acids is 1. The van der Waals surface area contributed by atoms with E-state index in [9.17, 15) is 19.5 Å². The quantitative estimate of drug-likeness (QED) is 0.400. The number of aromatic nitrogens is 1. The fourth-order valence-electron chi connectivity index (χ4n) is 3.37. The molecule has 0 saturated carbocycles. The van der Waals surface area contributed by atoms with Gasteiger partial charge in [0.05, 0.1) is 40.3 Å². The minimum absolute atomic E-state index is 0.0653. The number of carbonyl (C=O) groups is 2. The van der Waals surface area contributed by atoms with Crippen LogP contribution in [-0.2, 0) is 11.3 Å². The first-order chi connectivity index (χ1) is 16.4. The number of carboxylic acids is 1. The molecule has 2 amide bonds. The van der Waals surface area contributed by atoms with E-state index >= 15 is 0 Å². The predicted molar refractivity (Wildman–Crippen MR) is 127 cm³/mol. The number of pyridine rings is 1. The molecule has 0 aliphatic rings. The monoisotopic (exact) mass is 487 g/mol. The van der Waals surface area contributed by atoms with E-state index in [0.29, 0.717) is 29.4 Å². The molecule has 11 heteroatoms. The van der Waals surface area contributed by atoms with Crippen LogP contribution in [0.5, 0.6) is 17.2 Å². The number of nitrogens with zero attached hydrogens (tertiary/aromatic N) is 1. The Morgan fingerprint density at radius 3 is 2.35 bits per heavy atom. The van der Waals surface area contributed by atoms with Crippen molar-refractivity contribution in [3.63, 3.8) is 0 Å². The lowest BCUT2D eigenvalue weighted by Gasteiger charge is -2.21. The number of carboxylic acid groups (broad SMARTS) is 1. The highest BCUT2D eigenvalue weighted by molar-refractivity contribution is 7.09. The lowest BCUT2D eigenvalue weighted by Crippen LogP contribution is -2.36. The smallest absolute Gasteiger partial charge is 0.319 e. The third kappa shape index (κ3) is 5.87. The highest BCUT2D eigenvalue weighted by Gasteiger charge is 2.23. The molecule has 0 bridgehead atoms. The molecule has 3 aromatic rings. The largest absolute Gasteiger partial charge is 0.493 e. The van der Waals surface area contributed by atoms with E-state index in [-0.39, 0.29) is 11.2 Å².